The van der Waals surface area contributed by atoms with Crippen LogP contribution in [0.25, 0.3) is 0 Å². The number of allylic oxidation sites excluding steroid dienone is 1. The molecule has 11 heteroatoms. The van der Waals surface area contributed by atoms with Gasteiger partial charge in [0.2, 0.25) is 11.8 Å². The van der Waals surface area contributed by atoms with Gasteiger partial charge in [-0.25, -0.2) is 4.99 Å². The minimum Gasteiger partial charge on any atom is -0.373 e. The van der Waals surface area contributed by atoms with E-state index in [1.54, 1.807) is 6.92 Å². The summed E-state index contributed by atoms with van der Waals surface area (Å²) in [5, 5.41) is 13.9. The normalized spacial score (nSPS) is 28.7. The number of nitrogens with zero attached hydrogens (tertiary/aromatic N) is 5. The van der Waals surface area contributed by atoms with E-state index in [-0.39, 0.29) is 35.9 Å². The van der Waals surface area contributed by atoms with Crippen LogP contribution in [0.3, 0.4) is 0 Å². The zero-order valence-electron chi connectivity index (χ0n) is 28.0. The molecule has 6 rings (SSSR count). The molecule has 0 aliphatic carbocycles. The van der Waals surface area contributed by atoms with E-state index in [9.17, 15) is 14.7 Å². The molecule has 1 N–H and O–H groups in total. The number of hydrogen-bond acceptors (Lipinski definition) is 7. The zero-order chi connectivity index (χ0) is 33.8. The number of aliphatic hydroxyl groups excluding tert-OH is 1. The lowest BCUT2D eigenvalue weighted by molar-refractivity contribution is -0.146. The third kappa shape index (κ3) is 6.18. The van der Waals surface area contributed by atoms with Gasteiger partial charge in [-0.1, -0.05) is 84.3 Å². The molecule has 8 nitrogen and oxygen atoms in total. The first kappa shape index (κ1) is 34.5. The molecular formula is C36H45BrClN5O3S. The molecule has 47 heavy (non-hydrogen) atoms. The van der Waals surface area contributed by atoms with Gasteiger partial charge >= 0.3 is 0 Å². The van der Waals surface area contributed by atoms with E-state index in [0.717, 1.165) is 44.2 Å². The summed E-state index contributed by atoms with van der Waals surface area (Å²) >= 11 is 11.5. The maximum absolute atomic E-state index is 14.2. The van der Waals surface area contributed by atoms with Gasteiger partial charge in [-0.2, -0.15) is 0 Å². The molecule has 0 radical (unpaired) electrons. The molecule has 2 amide bonds. The van der Waals surface area contributed by atoms with Crippen molar-refractivity contribution in [2.24, 2.45) is 10.9 Å². The fraction of sp³-hybridized carbons (Fsp3) is 0.528. The zero-order valence-corrected chi connectivity index (χ0v) is 31.1. The second kappa shape index (κ2) is 13.5. The lowest BCUT2D eigenvalue weighted by Crippen LogP contribution is -2.59. The fourth-order valence-corrected chi connectivity index (χ4v) is 9.84. The van der Waals surface area contributed by atoms with E-state index in [0.29, 0.717) is 31.1 Å². The molecule has 0 saturated carbocycles. The summed E-state index contributed by atoms with van der Waals surface area (Å²) in [5.41, 5.74) is 2.64. The highest BCUT2D eigenvalue weighted by molar-refractivity contribution is 9.10. The van der Waals surface area contributed by atoms with Crippen molar-refractivity contribution in [1.82, 2.24) is 19.6 Å². The summed E-state index contributed by atoms with van der Waals surface area (Å²) in [6.45, 7) is 13.8. The number of carbonyl (C=O) groups excluding carboxylic acids is 2. The molecule has 252 valence electrons. The topological polar surface area (TPSA) is 79.7 Å². The number of fused-ring (bicyclic) bond motifs is 1. The minimum atomic E-state index is -0.951. The van der Waals surface area contributed by atoms with E-state index >= 15 is 0 Å². The van der Waals surface area contributed by atoms with Crippen LogP contribution in [0.15, 0.2) is 68.6 Å². The van der Waals surface area contributed by atoms with Gasteiger partial charge in [-0.15, -0.1) is 0 Å². The Kier molecular flexibility index (Phi) is 9.91. The Balaban J connectivity index is 1.37. The summed E-state index contributed by atoms with van der Waals surface area (Å²) < 4.78 is 1.01. The number of aliphatic imine (C=N–C) groups is 1. The first-order valence-electron chi connectivity index (χ1n) is 16.7. The van der Waals surface area contributed by atoms with Crippen LogP contribution in [-0.4, -0.2) is 85.7 Å². The molecule has 0 spiro atoms. The molecule has 6 atom stereocenters. The fourth-order valence-electron chi connectivity index (χ4n) is 8.05. The summed E-state index contributed by atoms with van der Waals surface area (Å²) in [6, 6.07) is 15.8. The number of aliphatic hydroxyl groups is 1. The lowest BCUT2D eigenvalue weighted by Gasteiger charge is -2.42. The van der Waals surface area contributed by atoms with Crippen LogP contribution < -0.4 is 0 Å². The summed E-state index contributed by atoms with van der Waals surface area (Å²) in [5.74, 6) is 0.167. The van der Waals surface area contributed by atoms with Gasteiger partial charge in [0.25, 0.3) is 0 Å². The quantitative estimate of drug-likeness (QED) is 0.330. The van der Waals surface area contributed by atoms with Crippen molar-refractivity contribution in [3.8, 4) is 0 Å². The Labute approximate surface area is 296 Å². The molecule has 0 bridgehead atoms. The third-order valence-electron chi connectivity index (χ3n) is 10.4. The van der Waals surface area contributed by atoms with E-state index < -0.39 is 17.8 Å². The molecule has 4 aliphatic rings. The van der Waals surface area contributed by atoms with E-state index in [2.05, 4.69) is 89.8 Å². The molecule has 2 saturated heterocycles. The molecule has 1 unspecified atom stereocenters. The van der Waals surface area contributed by atoms with Gasteiger partial charge in [0, 0.05) is 53.8 Å². The molecule has 2 aromatic rings. The molecular weight excluding hydrogens is 698 g/mol. The van der Waals surface area contributed by atoms with Crippen LogP contribution in [0.5, 0.6) is 0 Å². The number of halogens is 2. The minimum absolute atomic E-state index is 0.0385. The number of amidine groups is 1. The van der Waals surface area contributed by atoms with Gasteiger partial charge in [0.05, 0.1) is 17.0 Å². The predicted octanol–water partition coefficient (Wildman–Crippen LogP) is 6.99. The van der Waals surface area contributed by atoms with Crippen LogP contribution in [0, 0.1) is 5.92 Å². The van der Waals surface area contributed by atoms with Gasteiger partial charge in [-0.3, -0.25) is 14.5 Å². The SMILES string of the molecule is CC[C@@H]1CC[C@@H](C(=O)N2CCN(C(C)=O)[C@H](C)C2)N1C(O)C1=C(C(C)C)N2C(=N[C@@](C)(c3ccc(Br)cc3)[C@H]2c2ccc(Cl)cc2)S1. The Bertz CT molecular complexity index is 1580. The van der Waals surface area contributed by atoms with Crippen molar-refractivity contribution < 1.29 is 14.7 Å². The van der Waals surface area contributed by atoms with Crippen molar-refractivity contribution >= 4 is 56.3 Å². The monoisotopic (exact) mass is 741 g/mol. The standard InChI is InChI=1S/C36H45BrClN5O3S/c1-7-28-16-17-29(33(45)40-18-19-41(23(5)44)22(4)20-40)42(28)34(46)31-30(21(2)3)43-32(24-8-14-27(38)15-9-24)36(6,39-35(43)47-31)25-10-12-26(37)13-11-25/h8-15,21-22,28-29,32,34,46H,7,16-20H2,1-6H3/t22-,28-,29+,32-,34?,36+/m1/s1. The number of carbonyl (C=O) groups is 2. The Hall–Kier alpha value is -2.37. The molecule has 4 heterocycles. The Morgan fingerprint density at radius 1 is 1.11 bits per heavy atom. The number of benzene rings is 2. The molecule has 0 aromatic heterocycles. The summed E-state index contributed by atoms with van der Waals surface area (Å²) in [7, 11) is 0. The smallest absolute Gasteiger partial charge is 0.240 e. The number of amides is 2. The van der Waals surface area contributed by atoms with Crippen molar-refractivity contribution in [2.75, 3.05) is 19.6 Å². The van der Waals surface area contributed by atoms with Gasteiger partial charge in [0.15, 0.2) is 5.17 Å². The number of rotatable bonds is 7. The van der Waals surface area contributed by atoms with Crippen molar-refractivity contribution in [3.05, 3.63) is 79.8 Å². The molecule has 2 fully saturated rings. The maximum atomic E-state index is 14.2. The number of thioether (sulfide) groups is 1. The average molecular weight is 743 g/mol. The lowest BCUT2D eigenvalue weighted by atomic mass is 9.81. The van der Waals surface area contributed by atoms with E-state index in [4.69, 9.17) is 16.6 Å². The van der Waals surface area contributed by atoms with Crippen molar-refractivity contribution in [2.45, 2.75) is 96.7 Å². The predicted molar refractivity (Wildman–Crippen MR) is 193 cm³/mol. The second-order valence-corrected chi connectivity index (χ2v) is 16.1. The number of hydrogen-bond donors (Lipinski definition) is 1. The largest absolute Gasteiger partial charge is 0.373 e. The van der Waals surface area contributed by atoms with Crippen LogP contribution >= 0.6 is 39.3 Å². The molecule has 4 aliphatic heterocycles. The van der Waals surface area contributed by atoms with Gasteiger partial charge < -0.3 is 19.8 Å². The highest BCUT2D eigenvalue weighted by atomic mass is 79.9. The maximum Gasteiger partial charge on any atom is 0.240 e. The second-order valence-electron chi connectivity index (χ2n) is 13.7. The van der Waals surface area contributed by atoms with Crippen LogP contribution in [0.1, 0.15) is 78.0 Å². The van der Waals surface area contributed by atoms with E-state index in [1.807, 2.05) is 28.9 Å². The highest BCUT2D eigenvalue weighted by Gasteiger charge is 2.54. The van der Waals surface area contributed by atoms with Gasteiger partial charge in [0.1, 0.15) is 11.8 Å². The van der Waals surface area contributed by atoms with Crippen LogP contribution in [0.4, 0.5) is 0 Å². The Morgan fingerprint density at radius 3 is 2.38 bits per heavy atom. The molecule has 2 aromatic carbocycles. The van der Waals surface area contributed by atoms with Gasteiger partial charge in [-0.05, 0) is 74.4 Å². The number of piperazine rings is 1. The van der Waals surface area contributed by atoms with E-state index in [1.165, 1.54) is 11.8 Å². The summed E-state index contributed by atoms with van der Waals surface area (Å²) in [4.78, 5) is 40.7. The van der Waals surface area contributed by atoms with Crippen molar-refractivity contribution in [1.29, 1.82) is 0 Å². The first-order chi connectivity index (χ1) is 22.3. The average Bonchev–Trinajstić information content (AvgIpc) is 3.71. The van der Waals surface area contributed by atoms with Crippen LogP contribution in [-0.2, 0) is 15.1 Å². The summed E-state index contributed by atoms with van der Waals surface area (Å²) in [6.07, 6.45) is 1.43. The van der Waals surface area contributed by atoms with Crippen LogP contribution in [0.2, 0.25) is 5.02 Å². The third-order valence-corrected chi connectivity index (χ3v) is 12.3. The highest BCUT2D eigenvalue weighted by Crippen LogP contribution is 2.57. The number of likely N-dealkylation sites (tertiary alicyclic amines) is 1. The first-order valence-corrected chi connectivity index (χ1v) is 18.7. The Morgan fingerprint density at radius 2 is 1.79 bits per heavy atom. The van der Waals surface area contributed by atoms with Crippen molar-refractivity contribution in [3.63, 3.8) is 0 Å².